The third-order valence-corrected chi connectivity index (χ3v) is 4.26. The van der Waals surface area contributed by atoms with Crippen LogP contribution in [-0.2, 0) is 4.74 Å². The molecule has 2 aromatic carbocycles. The van der Waals surface area contributed by atoms with Crippen molar-refractivity contribution in [3.63, 3.8) is 0 Å². The fraction of sp³-hybridized carbons (Fsp3) is 0.238. The van der Waals surface area contributed by atoms with Gasteiger partial charge in [-0.2, -0.15) is 0 Å². The van der Waals surface area contributed by atoms with Gasteiger partial charge in [-0.15, -0.1) is 0 Å². The molecule has 1 aliphatic rings. The van der Waals surface area contributed by atoms with Crippen LogP contribution >= 0.6 is 0 Å². The summed E-state index contributed by atoms with van der Waals surface area (Å²) in [5, 5.41) is 0. The molecule has 0 radical (unpaired) electrons. The third-order valence-electron chi connectivity index (χ3n) is 4.26. The maximum absolute atomic E-state index is 5.93. The first-order valence-electron chi connectivity index (χ1n) is 7.99. The van der Waals surface area contributed by atoms with Gasteiger partial charge >= 0.3 is 0 Å². The van der Waals surface area contributed by atoms with Crippen LogP contribution in [0.4, 0.5) is 0 Å². The predicted molar refractivity (Wildman–Crippen MR) is 92.5 cm³/mol. The molecule has 1 aliphatic heterocycles. The highest BCUT2D eigenvalue weighted by molar-refractivity contribution is 5.52. The highest BCUT2D eigenvalue weighted by atomic mass is 16.5. The lowest BCUT2D eigenvalue weighted by Gasteiger charge is -2.29. The van der Waals surface area contributed by atoms with E-state index < -0.39 is 0 Å². The molecule has 0 N–H and O–H groups in total. The van der Waals surface area contributed by atoms with Crippen LogP contribution < -0.4 is 0 Å². The van der Waals surface area contributed by atoms with Crippen LogP contribution in [0, 0.1) is 5.92 Å². The SMILES string of the molecule is CC[C@@H]1COC(/C=C/c2ccccc2)=C[C@H]1c1ccccc1. The molecule has 0 unspecified atom stereocenters. The van der Waals surface area contributed by atoms with Crippen molar-refractivity contribution in [3.8, 4) is 0 Å². The Labute approximate surface area is 133 Å². The van der Waals surface area contributed by atoms with Gasteiger partial charge in [0.05, 0.1) is 6.61 Å². The number of allylic oxidation sites excluding steroid dienone is 2. The van der Waals surface area contributed by atoms with Gasteiger partial charge < -0.3 is 4.74 Å². The highest BCUT2D eigenvalue weighted by Gasteiger charge is 2.25. The fourth-order valence-corrected chi connectivity index (χ4v) is 2.93. The molecule has 1 heteroatoms. The van der Waals surface area contributed by atoms with Crippen molar-refractivity contribution in [2.24, 2.45) is 5.92 Å². The van der Waals surface area contributed by atoms with E-state index in [0.717, 1.165) is 18.8 Å². The van der Waals surface area contributed by atoms with Gasteiger partial charge in [0.15, 0.2) is 0 Å². The number of hydrogen-bond donors (Lipinski definition) is 0. The normalized spacial score (nSPS) is 21.4. The van der Waals surface area contributed by atoms with Crippen LogP contribution in [0.15, 0.2) is 78.6 Å². The summed E-state index contributed by atoms with van der Waals surface area (Å²) in [6, 6.07) is 21.1. The van der Waals surface area contributed by atoms with Crippen LogP contribution in [0.5, 0.6) is 0 Å². The van der Waals surface area contributed by atoms with Crippen molar-refractivity contribution in [1.82, 2.24) is 0 Å². The maximum atomic E-state index is 5.93. The topological polar surface area (TPSA) is 9.23 Å². The quantitative estimate of drug-likeness (QED) is 0.730. The second-order valence-corrected chi connectivity index (χ2v) is 5.73. The van der Waals surface area contributed by atoms with Crippen LogP contribution in [0.2, 0.25) is 0 Å². The second-order valence-electron chi connectivity index (χ2n) is 5.73. The molecule has 0 aliphatic carbocycles. The van der Waals surface area contributed by atoms with E-state index in [9.17, 15) is 0 Å². The van der Waals surface area contributed by atoms with E-state index in [2.05, 4.69) is 79.7 Å². The fourth-order valence-electron chi connectivity index (χ4n) is 2.93. The summed E-state index contributed by atoms with van der Waals surface area (Å²) in [5.41, 5.74) is 2.57. The summed E-state index contributed by atoms with van der Waals surface area (Å²) in [4.78, 5) is 0. The third kappa shape index (κ3) is 3.48. The number of hydrogen-bond acceptors (Lipinski definition) is 1. The molecule has 2 atom stereocenters. The Morgan fingerprint density at radius 2 is 1.64 bits per heavy atom. The van der Waals surface area contributed by atoms with Crippen LogP contribution in [0.1, 0.15) is 30.4 Å². The Balaban J connectivity index is 1.83. The summed E-state index contributed by atoms with van der Waals surface area (Å²) in [7, 11) is 0. The van der Waals surface area contributed by atoms with Crippen molar-refractivity contribution in [2.45, 2.75) is 19.3 Å². The van der Waals surface area contributed by atoms with E-state index in [4.69, 9.17) is 4.74 Å². The molecular weight excluding hydrogens is 268 g/mol. The minimum Gasteiger partial charge on any atom is -0.494 e. The monoisotopic (exact) mass is 290 g/mol. The van der Waals surface area contributed by atoms with Crippen molar-refractivity contribution >= 4 is 6.08 Å². The van der Waals surface area contributed by atoms with E-state index in [1.54, 1.807) is 0 Å². The zero-order valence-corrected chi connectivity index (χ0v) is 13.0. The van der Waals surface area contributed by atoms with Crippen molar-refractivity contribution in [3.05, 3.63) is 89.7 Å². The highest BCUT2D eigenvalue weighted by Crippen LogP contribution is 2.34. The summed E-state index contributed by atoms with van der Waals surface area (Å²) in [6.07, 6.45) is 7.59. The Kier molecular flexibility index (Phi) is 4.75. The maximum Gasteiger partial charge on any atom is 0.115 e. The van der Waals surface area contributed by atoms with E-state index >= 15 is 0 Å². The molecule has 22 heavy (non-hydrogen) atoms. The van der Waals surface area contributed by atoms with E-state index in [0.29, 0.717) is 11.8 Å². The molecule has 0 fully saturated rings. The van der Waals surface area contributed by atoms with Gasteiger partial charge in [-0.05, 0) is 29.7 Å². The first-order valence-corrected chi connectivity index (χ1v) is 7.99. The Morgan fingerprint density at radius 1 is 0.955 bits per heavy atom. The molecular formula is C21H22O. The van der Waals surface area contributed by atoms with Gasteiger partial charge in [0.25, 0.3) is 0 Å². The standard InChI is InChI=1S/C21H22O/c1-2-18-16-22-20(14-13-17-9-5-3-6-10-17)15-21(18)19-11-7-4-8-12-19/h3-15,18,21H,2,16H2,1H3/b14-13+/t18-,21-/m1/s1. The molecule has 0 aromatic heterocycles. The Bertz CT molecular complexity index is 640. The van der Waals surface area contributed by atoms with Gasteiger partial charge in [-0.25, -0.2) is 0 Å². The smallest absolute Gasteiger partial charge is 0.115 e. The van der Waals surface area contributed by atoms with Crippen LogP contribution in [0.25, 0.3) is 6.08 Å². The van der Waals surface area contributed by atoms with Crippen LogP contribution in [-0.4, -0.2) is 6.61 Å². The van der Waals surface area contributed by atoms with E-state index in [1.807, 2.05) is 6.07 Å². The van der Waals surface area contributed by atoms with Gasteiger partial charge in [0.1, 0.15) is 5.76 Å². The Morgan fingerprint density at radius 3 is 2.32 bits per heavy atom. The molecule has 0 saturated heterocycles. The van der Waals surface area contributed by atoms with Gasteiger partial charge in [0.2, 0.25) is 0 Å². The lowest BCUT2D eigenvalue weighted by atomic mass is 9.83. The molecule has 0 amide bonds. The molecule has 0 saturated carbocycles. The number of ether oxygens (including phenoxy) is 1. The molecule has 0 bridgehead atoms. The van der Waals surface area contributed by atoms with Crippen molar-refractivity contribution in [2.75, 3.05) is 6.61 Å². The second kappa shape index (κ2) is 7.13. The molecule has 3 rings (SSSR count). The summed E-state index contributed by atoms with van der Waals surface area (Å²) in [6.45, 7) is 3.03. The minimum absolute atomic E-state index is 0.440. The lowest BCUT2D eigenvalue weighted by molar-refractivity contribution is 0.142. The predicted octanol–water partition coefficient (Wildman–Crippen LogP) is 5.42. The van der Waals surface area contributed by atoms with Gasteiger partial charge in [-0.1, -0.05) is 73.7 Å². The average Bonchev–Trinajstić information content (AvgIpc) is 2.61. The summed E-state index contributed by atoms with van der Waals surface area (Å²) >= 11 is 0. The van der Waals surface area contributed by atoms with Gasteiger partial charge in [-0.3, -0.25) is 0 Å². The minimum atomic E-state index is 0.440. The molecule has 2 aromatic rings. The summed E-state index contributed by atoms with van der Waals surface area (Å²) < 4.78 is 5.93. The average molecular weight is 290 g/mol. The first kappa shape index (κ1) is 14.6. The molecule has 1 heterocycles. The molecule has 0 spiro atoms. The number of rotatable bonds is 4. The summed E-state index contributed by atoms with van der Waals surface area (Å²) in [5.74, 6) is 1.97. The van der Waals surface area contributed by atoms with Crippen molar-refractivity contribution in [1.29, 1.82) is 0 Å². The van der Waals surface area contributed by atoms with Crippen LogP contribution in [0.3, 0.4) is 0 Å². The molecule has 112 valence electrons. The molecule has 1 nitrogen and oxygen atoms in total. The van der Waals surface area contributed by atoms with Crippen molar-refractivity contribution < 1.29 is 4.74 Å². The lowest BCUT2D eigenvalue weighted by Crippen LogP contribution is -2.21. The number of benzene rings is 2. The van der Waals surface area contributed by atoms with E-state index in [1.165, 1.54) is 11.1 Å². The largest absolute Gasteiger partial charge is 0.494 e. The zero-order valence-electron chi connectivity index (χ0n) is 13.0. The zero-order chi connectivity index (χ0) is 15.2. The van der Waals surface area contributed by atoms with Gasteiger partial charge in [0, 0.05) is 11.8 Å². The first-order chi connectivity index (χ1) is 10.9. The van der Waals surface area contributed by atoms with E-state index in [-0.39, 0.29) is 0 Å². The Hall–Kier alpha value is -2.28.